The molecule has 1 aromatic carbocycles. The highest BCUT2D eigenvalue weighted by molar-refractivity contribution is 7.89. The van der Waals surface area contributed by atoms with E-state index in [1.165, 1.54) is 18.2 Å². The number of rotatable bonds is 11. The molecular weight excluding hydrogens is 332 g/mol. The molecule has 0 spiro atoms. The number of carbonyl (C=O) groups is 1. The van der Waals surface area contributed by atoms with E-state index in [-0.39, 0.29) is 23.0 Å². The van der Waals surface area contributed by atoms with Crippen LogP contribution in [0.5, 0.6) is 0 Å². The monoisotopic (exact) mass is 358 g/mol. The first-order valence-electron chi connectivity index (χ1n) is 8.03. The third kappa shape index (κ3) is 6.10. The molecule has 1 rings (SSSR count). The van der Waals surface area contributed by atoms with Crippen molar-refractivity contribution in [3.05, 3.63) is 23.8 Å². The third-order valence-electron chi connectivity index (χ3n) is 3.49. The number of sulfonamides is 1. The van der Waals surface area contributed by atoms with Crippen molar-refractivity contribution in [3.8, 4) is 0 Å². The van der Waals surface area contributed by atoms with Gasteiger partial charge in [0.15, 0.2) is 0 Å². The van der Waals surface area contributed by atoms with Crippen LogP contribution in [0, 0.1) is 0 Å². The van der Waals surface area contributed by atoms with Gasteiger partial charge < -0.3 is 15.2 Å². The second-order valence-electron chi connectivity index (χ2n) is 5.42. The third-order valence-corrected chi connectivity index (χ3v) is 4.99. The maximum atomic E-state index is 12.5. The van der Waals surface area contributed by atoms with Crippen LogP contribution in [-0.4, -0.2) is 45.3 Å². The summed E-state index contributed by atoms with van der Waals surface area (Å²) < 4.78 is 32.8. The van der Waals surface area contributed by atoms with Crippen molar-refractivity contribution in [2.24, 2.45) is 0 Å². The molecule has 0 radical (unpaired) electrons. The Hall–Kier alpha value is -1.64. The average Bonchev–Trinajstić information content (AvgIpc) is 2.54. The SMILES string of the molecule is CCOCCCNS(=O)(=O)c1cc(C(=O)O)ccc1NC(C)CC. The van der Waals surface area contributed by atoms with Crippen molar-refractivity contribution in [2.75, 3.05) is 25.1 Å². The van der Waals surface area contributed by atoms with Crippen molar-refractivity contribution < 1.29 is 23.1 Å². The van der Waals surface area contributed by atoms with Gasteiger partial charge in [0, 0.05) is 25.8 Å². The van der Waals surface area contributed by atoms with E-state index in [0.29, 0.717) is 25.3 Å². The summed E-state index contributed by atoms with van der Waals surface area (Å²) in [6.45, 7) is 7.04. The summed E-state index contributed by atoms with van der Waals surface area (Å²) in [6, 6.07) is 4.12. The largest absolute Gasteiger partial charge is 0.478 e. The van der Waals surface area contributed by atoms with Gasteiger partial charge in [-0.25, -0.2) is 17.9 Å². The molecule has 136 valence electrons. The van der Waals surface area contributed by atoms with Crippen LogP contribution < -0.4 is 10.0 Å². The molecule has 1 unspecified atom stereocenters. The summed E-state index contributed by atoms with van der Waals surface area (Å²) in [4.78, 5) is 11.1. The van der Waals surface area contributed by atoms with Crippen LogP contribution in [-0.2, 0) is 14.8 Å². The quantitative estimate of drug-likeness (QED) is 0.524. The Balaban J connectivity index is 3.02. The van der Waals surface area contributed by atoms with Crippen molar-refractivity contribution in [1.29, 1.82) is 0 Å². The zero-order valence-electron chi connectivity index (χ0n) is 14.3. The minimum absolute atomic E-state index is 0.0564. The molecule has 7 nitrogen and oxygen atoms in total. The summed E-state index contributed by atoms with van der Waals surface area (Å²) in [7, 11) is -3.82. The lowest BCUT2D eigenvalue weighted by atomic mass is 10.2. The highest BCUT2D eigenvalue weighted by Crippen LogP contribution is 2.24. The van der Waals surface area contributed by atoms with Crippen LogP contribution in [0.25, 0.3) is 0 Å². The maximum Gasteiger partial charge on any atom is 0.335 e. The molecule has 1 atom stereocenters. The van der Waals surface area contributed by atoms with E-state index in [2.05, 4.69) is 10.0 Å². The molecule has 1 aromatic rings. The fourth-order valence-corrected chi connectivity index (χ4v) is 3.23. The van der Waals surface area contributed by atoms with E-state index in [0.717, 1.165) is 6.42 Å². The van der Waals surface area contributed by atoms with E-state index < -0.39 is 16.0 Å². The lowest BCUT2D eigenvalue weighted by Gasteiger charge is -2.17. The van der Waals surface area contributed by atoms with Crippen LogP contribution in [0.3, 0.4) is 0 Å². The minimum Gasteiger partial charge on any atom is -0.478 e. The van der Waals surface area contributed by atoms with E-state index in [1.54, 1.807) is 0 Å². The summed E-state index contributed by atoms with van der Waals surface area (Å²) in [5, 5.41) is 12.2. The van der Waals surface area contributed by atoms with Gasteiger partial charge in [0.1, 0.15) is 4.90 Å². The van der Waals surface area contributed by atoms with Gasteiger partial charge in [0.2, 0.25) is 10.0 Å². The van der Waals surface area contributed by atoms with Crippen LogP contribution in [0.15, 0.2) is 23.1 Å². The van der Waals surface area contributed by atoms with Gasteiger partial charge in [-0.1, -0.05) is 6.92 Å². The van der Waals surface area contributed by atoms with Crippen LogP contribution >= 0.6 is 0 Å². The van der Waals surface area contributed by atoms with Gasteiger partial charge in [0.25, 0.3) is 0 Å². The lowest BCUT2D eigenvalue weighted by molar-refractivity contribution is 0.0696. The van der Waals surface area contributed by atoms with Crippen molar-refractivity contribution >= 4 is 21.7 Å². The predicted molar refractivity (Wildman–Crippen MR) is 93.1 cm³/mol. The number of hydrogen-bond donors (Lipinski definition) is 3. The number of carboxylic acids is 1. The van der Waals surface area contributed by atoms with Crippen molar-refractivity contribution in [3.63, 3.8) is 0 Å². The molecule has 0 amide bonds. The Morgan fingerprint density at radius 3 is 2.62 bits per heavy atom. The standard InChI is InChI=1S/C16H26N2O5S/c1-4-12(3)18-14-8-7-13(16(19)20)11-15(14)24(21,22)17-9-6-10-23-5-2/h7-8,11-12,17-18H,4-6,9-10H2,1-3H3,(H,19,20). The van der Waals surface area contributed by atoms with Crippen molar-refractivity contribution in [1.82, 2.24) is 4.72 Å². The molecular formula is C16H26N2O5S. The Morgan fingerprint density at radius 2 is 2.04 bits per heavy atom. The predicted octanol–water partition coefficient (Wildman–Crippen LogP) is 2.30. The Kier molecular flexibility index (Phi) is 8.17. The molecule has 0 saturated heterocycles. The number of anilines is 1. The number of aromatic carboxylic acids is 1. The maximum absolute atomic E-state index is 12.5. The Bertz CT molecular complexity index is 646. The first-order valence-corrected chi connectivity index (χ1v) is 9.51. The number of benzene rings is 1. The highest BCUT2D eigenvalue weighted by atomic mass is 32.2. The van der Waals surface area contributed by atoms with Gasteiger partial charge in [0.05, 0.1) is 11.3 Å². The number of carboxylic acid groups (broad SMARTS) is 1. The topological polar surface area (TPSA) is 105 Å². The molecule has 24 heavy (non-hydrogen) atoms. The fraction of sp³-hybridized carbons (Fsp3) is 0.562. The molecule has 0 aliphatic heterocycles. The number of nitrogens with one attached hydrogen (secondary N) is 2. The minimum atomic E-state index is -3.82. The summed E-state index contributed by atoms with van der Waals surface area (Å²) in [6.07, 6.45) is 1.35. The fourth-order valence-electron chi connectivity index (χ4n) is 1.97. The van der Waals surface area contributed by atoms with Gasteiger partial charge in [-0.2, -0.15) is 0 Å². The molecule has 0 heterocycles. The van der Waals surface area contributed by atoms with Gasteiger partial charge >= 0.3 is 5.97 Å². The van der Waals surface area contributed by atoms with Crippen LogP contribution in [0.1, 0.15) is 44.0 Å². The molecule has 0 bridgehead atoms. The van der Waals surface area contributed by atoms with E-state index >= 15 is 0 Å². The first kappa shape index (κ1) is 20.4. The molecule has 8 heteroatoms. The second kappa shape index (κ2) is 9.61. The van der Waals surface area contributed by atoms with Gasteiger partial charge in [-0.15, -0.1) is 0 Å². The molecule has 0 saturated carbocycles. The van der Waals surface area contributed by atoms with Gasteiger partial charge in [-0.3, -0.25) is 0 Å². The van der Waals surface area contributed by atoms with Gasteiger partial charge in [-0.05, 0) is 44.9 Å². The van der Waals surface area contributed by atoms with E-state index in [1.807, 2.05) is 20.8 Å². The number of ether oxygens (including phenoxy) is 1. The number of hydrogen-bond acceptors (Lipinski definition) is 5. The normalized spacial score (nSPS) is 12.8. The summed E-state index contributed by atoms with van der Waals surface area (Å²) in [5.41, 5.74) is 0.325. The Morgan fingerprint density at radius 1 is 1.33 bits per heavy atom. The lowest BCUT2D eigenvalue weighted by Crippen LogP contribution is -2.27. The zero-order chi connectivity index (χ0) is 18.2. The smallest absolute Gasteiger partial charge is 0.335 e. The van der Waals surface area contributed by atoms with Crippen molar-refractivity contribution in [2.45, 2.75) is 44.6 Å². The summed E-state index contributed by atoms with van der Waals surface area (Å²) >= 11 is 0. The first-order chi connectivity index (χ1) is 11.3. The molecule has 0 aromatic heterocycles. The molecule has 0 aliphatic rings. The van der Waals surface area contributed by atoms with E-state index in [4.69, 9.17) is 9.84 Å². The Labute approximate surface area is 143 Å². The zero-order valence-corrected chi connectivity index (χ0v) is 15.1. The summed E-state index contributed by atoms with van der Waals surface area (Å²) in [5.74, 6) is -1.17. The highest BCUT2D eigenvalue weighted by Gasteiger charge is 2.21. The van der Waals surface area contributed by atoms with Crippen LogP contribution in [0.2, 0.25) is 0 Å². The average molecular weight is 358 g/mol. The second-order valence-corrected chi connectivity index (χ2v) is 7.15. The molecule has 0 aliphatic carbocycles. The molecule has 0 fully saturated rings. The molecule has 3 N–H and O–H groups in total. The van der Waals surface area contributed by atoms with Crippen LogP contribution in [0.4, 0.5) is 5.69 Å². The van der Waals surface area contributed by atoms with E-state index in [9.17, 15) is 13.2 Å².